The lowest BCUT2D eigenvalue weighted by molar-refractivity contribution is -0.138. The summed E-state index contributed by atoms with van der Waals surface area (Å²) in [4.78, 5) is 13.9. The number of rotatable bonds is 7. The smallest absolute Gasteiger partial charge is 0.333 e. The molecule has 0 fully saturated rings. The van der Waals surface area contributed by atoms with Gasteiger partial charge in [0.15, 0.2) is 0 Å². The van der Waals surface area contributed by atoms with E-state index in [1.807, 2.05) is 0 Å². The molecule has 3 aromatic carbocycles. The van der Waals surface area contributed by atoms with Crippen molar-refractivity contribution in [3.63, 3.8) is 0 Å². The Morgan fingerprint density at radius 1 is 0.929 bits per heavy atom. The van der Waals surface area contributed by atoms with Gasteiger partial charge in [-0.3, -0.25) is 0 Å². The Morgan fingerprint density at radius 3 is 2.25 bits per heavy atom. The molecule has 3 aromatic rings. The second kappa shape index (κ2) is 9.43. The minimum Gasteiger partial charge on any atom is -0.462 e. The van der Waals surface area contributed by atoms with Gasteiger partial charge in [-0.1, -0.05) is 72.9 Å². The van der Waals surface area contributed by atoms with Crippen molar-refractivity contribution in [2.75, 3.05) is 6.61 Å². The van der Waals surface area contributed by atoms with E-state index in [0.29, 0.717) is 18.6 Å². The van der Waals surface area contributed by atoms with E-state index >= 15 is 0 Å². The van der Waals surface area contributed by atoms with Gasteiger partial charge in [0.05, 0.1) is 6.61 Å². The van der Waals surface area contributed by atoms with Crippen molar-refractivity contribution < 1.29 is 9.53 Å². The Labute approximate surface area is 171 Å². The molecule has 0 aliphatic rings. The number of aryl methyl sites for hydroxylation is 1. The van der Waals surface area contributed by atoms with Gasteiger partial charge in [0.25, 0.3) is 0 Å². The first-order valence-corrected chi connectivity index (χ1v) is 10.1. The van der Waals surface area contributed by atoms with Crippen LogP contribution >= 0.6 is 11.8 Å². The number of hydrogen-bond acceptors (Lipinski definition) is 3. The van der Waals surface area contributed by atoms with Crippen molar-refractivity contribution in [2.24, 2.45) is 0 Å². The molecule has 0 atom stereocenters. The summed E-state index contributed by atoms with van der Waals surface area (Å²) in [7, 11) is 0. The molecule has 0 aliphatic carbocycles. The van der Waals surface area contributed by atoms with Crippen LogP contribution in [0.2, 0.25) is 0 Å². The fourth-order valence-electron chi connectivity index (χ4n) is 2.89. The topological polar surface area (TPSA) is 26.3 Å². The number of carbonyl (C=O) groups is 1. The minimum atomic E-state index is -0.333. The summed E-state index contributed by atoms with van der Waals surface area (Å²) in [6.07, 6.45) is 0.698. The summed E-state index contributed by atoms with van der Waals surface area (Å²) in [6.45, 7) is 7.76. The molecule has 0 aromatic heterocycles. The monoisotopic (exact) mass is 388 g/mol. The van der Waals surface area contributed by atoms with Gasteiger partial charge < -0.3 is 4.74 Å². The summed E-state index contributed by atoms with van der Waals surface area (Å²) in [5, 5.41) is 0. The van der Waals surface area contributed by atoms with Gasteiger partial charge in [-0.2, -0.15) is 0 Å². The number of hydrogen-bond donors (Lipinski definition) is 0. The summed E-state index contributed by atoms with van der Waals surface area (Å²) in [5.41, 5.74) is 5.36. The third kappa shape index (κ3) is 5.14. The Kier molecular flexibility index (Phi) is 6.72. The zero-order valence-electron chi connectivity index (χ0n) is 16.3. The summed E-state index contributed by atoms with van der Waals surface area (Å²) in [6, 6.07) is 25.4. The first kappa shape index (κ1) is 20.0. The molecule has 0 saturated heterocycles. The van der Waals surface area contributed by atoms with Gasteiger partial charge in [0, 0.05) is 21.8 Å². The van der Waals surface area contributed by atoms with E-state index in [1.165, 1.54) is 26.5 Å². The largest absolute Gasteiger partial charge is 0.462 e. The molecule has 0 amide bonds. The fraction of sp³-hybridized carbons (Fsp3) is 0.160. The second-order valence-electron chi connectivity index (χ2n) is 6.72. The molecular formula is C25H24O2S. The fourth-order valence-corrected chi connectivity index (χ4v) is 3.85. The van der Waals surface area contributed by atoms with E-state index in [1.54, 1.807) is 18.7 Å². The van der Waals surface area contributed by atoms with Crippen LogP contribution in [0.25, 0.3) is 11.1 Å². The Morgan fingerprint density at radius 2 is 1.57 bits per heavy atom. The molecule has 2 nitrogen and oxygen atoms in total. The standard InChI is InChI=1S/C25H24O2S/c1-18(2)25(26)27-17-16-20-12-14-21(15-13-20)28-24-11-7-6-10-23(24)22-9-5-4-8-19(22)3/h4-15H,1,16-17H2,2-3H3. The number of esters is 1. The first-order valence-electron chi connectivity index (χ1n) is 9.29. The van der Waals surface area contributed by atoms with Crippen molar-refractivity contribution in [1.29, 1.82) is 0 Å². The highest BCUT2D eigenvalue weighted by molar-refractivity contribution is 7.99. The van der Waals surface area contributed by atoms with E-state index in [-0.39, 0.29) is 5.97 Å². The Hall–Kier alpha value is -2.78. The van der Waals surface area contributed by atoms with Gasteiger partial charge in [-0.05, 0) is 54.3 Å². The van der Waals surface area contributed by atoms with Crippen molar-refractivity contribution in [3.8, 4) is 11.1 Å². The average Bonchev–Trinajstić information content (AvgIpc) is 2.70. The molecule has 3 heteroatoms. The summed E-state index contributed by atoms with van der Waals surface area (Å²) >= 11 is 1.76. The highest BCUT2D eigenvalue weighted by atomic mass is 32.2. The van der Waals surface area contributed by atoms with Gasteiger partial charge in [0.1, 0.15) is 0 Å². The van der Waals surface area contributed by atoms with Crippen LogP contribution < -0.4 is 0 Å². The van der Waals surface area contributed by atoms with Gasteiger partial charge in [-0.15, -0.1) is 0 Å². The van der Waals surface area contributed by atoms with Crippen molar-refractivity contribution >= 4 is 17.7 Å². The van der Waals surface area contributed by atoms with Crippen LogP contribution in [-0.4, -0.2) is 12.6 Å². The third-order valence-corrected chi connectivity index (χ3v) is 5.53. The zero-order chi connectivity index (χ0) is 19.9. The Bertz CT molecular complexity index is 974. The van der Waals surface area contributed by atoms with Gasteiger partial charge in [-0.25, -0.2) is 4.79 Å². The maximum atomic E-state index is 11.4. The Balaban J connectivity index is 1.69. The van der Waals surface area contributed by atoms with E-state index in [0.717, 1.165) is 5.56 Å². The highest BCUT2D eigenvalue weighted by Crippen LogP contribution is 2.37. The maximum absolute atomic E-state index is 11.4. The minimum absolute atomic E-state index is 0.333. The van der Waals surface area contributed by atoms with Crippen LogP contribution in [0.5, 0.6) is 0 Å². The van der Waals surface area contributed by atoms with Crippen LogP contribution in [0.3, 0.4) is 0 Å². The van der Waals surface area contributed by atoms with Crippen molar-refractivity contribution in [1.82, 2.24) is 0 Å². The molecule has 0 bridgehead atoms. The van der Waals surface area contributed by atoms with Crippen LogP contribution in [-0.2, 0) is 16.0 Å². The third-order valence-electron chi connectivity index (χ3n) is 4.45. The van der Waals surface area contributed by atoms with E-state index in [9.17, 15) is 4.79 Å². The quantitative estimate of drug-likeness (QED) is 0.342. The predicted octanol–water partition coefficient (Wildman–Crippen LogP) is 6.48. The normalized spacial score (nSPS) is 10.5. The lowest BCUT2D eigenvalue weighted by atomic mass is 10.0. The number of ether oxygens (including phenoxy) is 1. The first-order chi connectivity index (χ1) is 13.5. The zero-order valence-corrected chi connectivity index (χ0v) is 17.1. The highest BCUT2D eigenvalue weighted by Gasteiger charge is 2.09. The molecule has 0 N–H and O–H groups in total. The average molecular weight is 389 g/mol. The van der Waals surface area contributed by atoms with Crippen LogP contribution in [0.1, 0.15) is 18.1 Å². The molecule has 0 radical (unpaired) electrons. The van der Waals surface area contributed by atoms with Gasteiger partial charge in [0.2, 0.25) is 0 Å². The number of carbonyl (C=O) groups excluding carboxylic acids is 1. The lowest BCUT2D eigenvalue weighted by Crippen LogP contribution is -2.07. The second-order valence-corrected chi connectivity index (χ2v) is 7.84. The molecule has 142 valence electrons. The maximum Gasteiger partial charge on any atom is 0.333 e. The molecule has 0 heterocycles. The van der Waals surface area contributed by atoms with Crippen LogP contribution in [0, 0.1) is 6.92 Å². The van der Waals surface area contributed by atoms with Crippen LogP contribution in [0.4, 0.5) is 0 Å². The van der Waals surface area contributed by atoms with E-state index < -0.39 is 0 Å². The molecule has 28 heavy (non-hydrogen) atoms. The van der Waals surface area contributed by atoms with Gasteiger partial charge >= 0.3 is 5.97 Å². The molecule has 3 rings (SSSR count). The molecule has 0 unspecified atom stereocenters. The molecule has 0 spiro atoms. The predicted molar refractivity (Wildman–Crippen MR) is 117 cm³/mol. The number of benzene rings is 3. The lowest BCUT2D eigenvalue weighted by Gasteiger charge is -2.12. The van der Waals surface area contributed by atoms with E-state index in [2.05, 4.69) is 86.3 Å². The van der Waals surface area contributed by atoms with Crippen LogP contribution in [0.15, 0.2) is 94.7 Å². The van der Waals surface area contributed by atoms with Crippen molar-refractivity contribution in [3.05, 3.63) is 96.1 Å². The molecule has 0 aliphatic heterocycles. The van der Waals surface area contributed by atoms with E-state index in [4.69, 9.17) is 4.74 Å². The summed E-state index contributed by atoms with van der Waals surface area (Å²) < 4.78 is 5.17. The SMILES string of the molecule is C=C(C)C(=O)OCCc1ccc(Sc2ccccc2-c2ccccc2C)cc1. The van der Waals surface area contributed by atoms with Crippen molar-refractivity contribution in [2.45, 2.75) is 30.1 Å². The molecular weight excluding hydrogens is 364 g/mol. The molecule has 0 saturated carbocycles. The summed E-state index contributed by atoms with van der Waals surface area (Å²) in [5.74, 6) is -0.333.